The van der Waals surface area contributed by atoms with Crippen molar-refractivity contribution in [3.63, 3.8) is 0 Å². The predicted molar refractivity (Wildman–Crippen MR) is 120 cm³/mol. The molecule has 1 aromatic heterocycles. The highest BCUT2D eigenvalue weighted by Gasteiger charge is 2.35. The Labute approximate surface area is 178 Å². The summed E-state index contributed by atoms with van der Waals surface area (Å²) in [7, 11) is 2.13. The third-order valence-corrected chi connectivity index (χ3v) is 6.10. The van der Waals surface area contributed by atoms with Gasteiger partial charge in [0.25, 0.3) is 0 Å². The third kappa shape index (κ3) is 3.75. The largest absolute Gasteiger partial charge is 0.365 e. The number of fused-ring (bicyclic) bond motifs is 3. The number of rotatable bonds is 5. The van der Waals surface area contributed by atoms with E-state index in [0.29, 0.717) is 5.56 Å². The van der Waals surface area contributed by atoms with E-state index in [9.17, 15) is 9.90 Å². The van der Waals surface area contributed by atoms with Crippen LogP contribution in [0.3, 0.4) is 0 Å². The van der Waals surface area contributed by atoms with Crippen LogP contribution in [0.1, 0.15) is 36.2 Å². The highest BCUT2D eigenvalue weighted by atomic mass is 16.3. The summed E-state index contributed by atoms with van der Waals surface area (Å²) < 4.78 is 2.20. The molecule has 1 aliphatic rings. The van der Waals surface area contributed by atoms with Crippen LogP contribution in [0.4, 0.5) is 0 Å². The van der Waals surface area contributed by atoms with Gasteiger partial charge in [-0.05, 0) is 38.1 Å². The molecular formula is C25H31N3O2. The van der Waals surface area contributed by atoms with E-state index in [0.717, 1.165) is 25.0 Å². The van der Waals surface area contributed by atoms with Crippen LogP contribution in [0.5, 0.6) is 0 Å². The van der Waals surface area contributed by atoms with E-state index in [1.165, 1.54) is 22.2 Å². The van der Waals surface area contributed by atoms with Gasteiger partial charge in [0.2, 0.25) is 5.91 Å². The molecule has 1 aliphatic heterocycles. The van der Waals surface area contributed by atoms with Crippen molar-refractivity contribution in [3.05, 3.63) is 70.9 Å². The van der Waals surface area contributed by atoms with Crippen molar-refractivity contribution >= 4 is 16.8 Å². The van der Waals surface area contributed by atoms with Gasteiger partial charge >= 0.3 is 0 Å². The van der Waals surface area contributed by atoms with Crippen molar-refractivity contribution in [2.45, 2.75) is 46.0 Å². The lowest BCUT2D eigenvalue weighted by Gasteiger charge is -2.33. The Hall–Kier alpha value is -2.63. The third-order valence-electron chi connectivity index (χ3n) is 6.10. The second-order valence-electron chi connectivity index (χ2n) is 8.89. The number of hydrogen-bond acceptors (Lipinski definition) is 3. The maximum Gasteiger partial charge on any atom is 0.225 e. The zero-order chi connectivity index (χ0) is 21.5. The molecule has 0 saturated carbocycles. The summed E-state index contributed by atoms with van der Waals surface area (Å²) in [5.41, 5.74) is 4.10. The van der Waals surface area contributed by atoms with Crippen molar-refractivity contribution in [2.24, 2.45) is 5.92 Å². The van der Waals surface area contributed by atoms with Crippen LogP contribution < -0.4 is 5.32 Å². The molecule has 30 heavy (non-hydrogen) atoms. The van der Waals surface area contributed by atoms with E-state index in [-0.39, 0.29) is 18.4 Å². The van der Waals surface area contributed by atoms with Crippen molar-refractivity contribution < 1.29 is 9.90 Å². The quantitative estimate of drug-likeness (QED) is 0.638. The fraction of sp³-hybridized carbons (Fsp3) is 0.400. The topological polar surface area (TPSA) is 57.5 Å². The minimum atomic E-state index is -1.50. The Balaban J connectivity index is 1.86. The first kappa shape index (κ1) is 20.6. The highest BCUT2D eigenvalue weighted by Crippen LogP contribution is 2.34. The Morgan fingerprint density at radius 1 is 1.20 bits per heavy atom. The van der Waals surface area contributed by atoms with E-state index >= 15 is 0 Å². The SMILES string of the molecule is Cc1ccc2c(c1)c1c(n2CC(O)(NC(=O)C(C)C)c2ccccc2)CN(C)CC1. The second-order valence-corrected chi connectivity index (χ2v) is 8.89. The monoisotopic (exact) mass is 405 g/mol. The first-order valence-corrected chi connectivity index (χ1v) is 10.7. The summed E-state index contributed by atoms with van der Waals surface area (Å²) in [4.78, 5) is 14.9. The van der Waals surface area contributed by atoms with E-state index in [1.54, 1.807) is 0 Å². The number of likely N-dealkylation sites (N-methyl/N-ethyl adjacent to an activating group) is 1. The predicted octanol–water partition coefficient (Wildman–Crippen LogP) is 3.56. The summed E-state index contributed by atoms with van der Waals surface area (Å²) in [5, 5.41) is 16.0. The molecule has 2 heterocycles. The summed E-state index contributed by atoms with van der Waals surface area (Å²) >= 11 is 0. The molecule has 0 radical (unpaired) electrons. The molecule has 158 valence electrons. The van der Waals surface area contributed by atoms with Crippen LogP contribution in [-0.2, 0) is 30.0 Å². The Morgan fingerprint density at radius 2 is 1.93 bits per heavy atom. The van der Waals surface area contributed by atoms with E-state index in [4.69, 9.17) is 0 Å². The molecule has 0 spiro atoms. The summed E-state index contributed by atoms with van der Waals surface area (Å²) in [6, 6.07) is 15.9. The van der Waals surface area contributed by atoms with Gasteiger partial charge in [-0.25, -0.2) is 0 Å². The fourth-order valence-electron chi connectivity index (χ4n) is 4.36. The fourth-order valence-corrected chi connectivity index (χ4v) is 4.36. The maximum absolute atomic E-state index is 12.6. The van der Waals surface area contributed by atoms with Gasteiger partial charge in [0, 0.05) is 41.2 Å². The zero-order valence-electron chi connectivity index (χ0n) is 18.3. The molecule has 3 aromatic rings. The van der Waals surface area contributed by atoms with Crippen molar-refractivity contribution in [2.75, 3.05) is 13.6 Å². The number of hydrogen-bond donors (Lipinski definition) is 2. The highest BCUT2D eigenvalue weighted by molar-refractivity contribution is 5.86. The van der Waals surface area contributed by atoms with Gasteiger partial charge in [-0.15, -0.1) is 0 Å². The lowest BCUT2D eigenvalue weighted by Crippen LogP contribution is -2.50. The van der Waals surface area contributed by atoms with Crippen LogP contribution in [0, 0.1) is 12.8 Å². The lowest BCUT2D eigenvalue weighted by molar-refractivity contribution is -0.133. The molecule has 0 bridgehead atoms. The molecule has 0 aliphatic carbocycles. The second kappa shape index (κ2) is 7.89. The van der Waals surface area contributed by atoms with Crippen molar-refractivity contribution in [3.8, 4) is 0 Å². The number of benzene rings is 2. The number of carbonyl (C=O) groups excluding carboxylic acids is 1. The number of amides is 1. The maximum atomic E-state index is 12.6. The number of nitrogens with zero attached hydrogens (tertiary/aromatic N) is 2. The molecule has 4 rings (SSSR count). The molecule has 0 saturated heterocycles. The molecule has 1 amide bonds. The minimum absolute atomic E-state index is 0.167. The Morgan fingerprint density at radius 3 is 2.63 bits per heavy atom. The molecule has 2 aromatic carbocycles. The summed E-state index contributed by atoms with van der Waals surface area (Å²) in [6.45, 7) is 7.90. The molecule has 1 atom stereocenters. The number of aliphatic hydroxyl groups is 1. The van der Waals surface area contributed by atoms with E-state index < -0.39 is 5.72 Å². The lowest BCUT2D eigenvalue weighted by atomic mass is 10.0. The van der Waals surface area contributed by atoms with Crippen LogP contribution in [0.2, 0.25) is 0 Å². The molecule has 1 unspecified atom stereocenters. The number of nitrogens with one attached hydrogen (secondary N) is 1. The van der Waals surface area contributed by atoms with Crippen molar-refractivity contribution in [1.82, 2.24) is 14.8 Å². The van der Waals surface area contributed by atoms with Gasteiger partial charge in [-0.2, -0.15) is 0 Å². The van der Waals surface area contributed by atoms with Crippen LogP contribution in [-0.4, -0.2) is 34.1 Å². The molecular weight excluding hydrogens is 374 g/mol. The van der Waals surface area contributed by atoms with E-state index in [1.807, 2.05) is 44.2 Å². The van der Waals surface area contributed by atoms with Gasteiger partial charge in [0.05, 0.1) is 6.54 Å². The van der Waals surface area contributed by atoms with Gasteiger partial charge in [0.1, 0.15) is 0 Å². The van der Waals surface area contributed by atoms with Crippen LogP contribution in [0.25, 0.3) is 10.9 Å². The average molecular weight is 406 g/mol. The Kier molecular flexibility index (Phi) is 5.43. The molecule has 0 fully saturated rings. The summed E-state index contributed by atoms with van der Waals surface area (Å²) in [6.07, 6.45) is 0.987. The van der Waals surface area contributed by atoms with Gasteiger partial charge < -0.3 is 19.9 Å². The number of aromatic nitrogens is 1. The van der Waals surface area contributed by atoms with Crippen LogP contribution in [0.15, 0.2) is 48.5 Å². The van der Waals surface area contributed by atoms with Crippen molar-refractivity contribution in [1.29, 1.82) is 0 Å². The van der Waals surface area contributed by atoms with E-state index in [2.05, 4.69) is 47.0 Å². The minimum Gasteiger partial charge on any atom is -0.365 e. The van der Waals surface area contributed by atoms with Gasteiger partial charge in [0.15, 0.2) is 5.72 Å². The average Bonchev–Trinajstić information content (AvgIpc) is 3.00. The zero-order valence-corrected chi connectivity index (χ0v) is 18.3. The molecule has 5 heteroatoms. The Bertz CT molecular complexity index is 1070. The smallest absolute Gasteiger partial charge is 0.225 e. The molecule has 5 nitrogen and oxygen atoms in total. The first-order chi connectivity index (χ1) is 14.3. The normalized spacial score (nSPS) is 16.5. The summed E-state index contributed by atoms with van der Waals surface area (Å²) in [5.74, 6) is -0.385. The van der Waals surface area contributed by atoms with Gasteiger partial charge in [-0.3, -0.25) is 4.79 Å². The van der Waals surface area contributed by atoms with Crippen LogP contribution >= 0.6 is 0 Å². The standard InChI is InChI=1S/C25H31N3O2/c1-17(2)24(29)26-25(30,19-8-6-5-7-9-19)16-28-22-11-10-18(3)14-21(22)20-12-13-27(4)15-23(20)28/h5-11,14,17,30H,12-13,15-16H2,1-4H3,(H,26,29). The molecule has 2 N–H and O–H groups in total. The first-order valence-electron chi connectivity index (χ1n) is 10.7. The number of carbonyl (C=O) groups is 1. The number of aryl methyl sites for hydroxylation is 1. The van der Waals surface area contributed by atoms with Gasteiger partial charge in [-0.1, -0.05) is 55.8 Å².